The van der Waals surface area contributed by atoms with Gasteiger partial charge in [0.05, 0.1) is 10.6 Å². The molecule has 2 amide bonds. The van der Waals surface area contributed by atoms with E-state index in [1.54, 1.807) is 11.0 Å². The number of nitrogens with zero attached hydrogens (tertiary/aromatic N) is 2. The Morgan fingerprint density at radius 3 is 2.59 bits per heavy atom. The number of fused-ring (bicyclic) bond motifs is 1. The first-order chi connectivity index (χ1) is 12.8. The zero-order valence-electron chi connectivity index (χ0n) is 15.6. The predicted molar refractivity (Wildman–Crippen MR) is 100 cm³/mol. The summed E-state index contributed by atoms with van der Waals surface area (Å²) in [6, 6.07) is 4.53. The summed E-state index contributed by atoms with van der Waals surface area (Å²) in [5, 5.41) is 2.76. The average Bonchev–Trinajstić information content (AvgIpc) is 2.66. The van der Waals surface area contributed by atoms with Crippen molar-refractivity contribution in [3.63, 3.8) is 0 Å². The monoisotopic (exact) mass is 395 g/mol. The number of ether oxygens (including phenoxy) is 1. The van der Waals surface area contributed by atoms with Gasteiger partial charge in [-0.3, -0.25) is 9.59 Å². The number of piperazine rings is 1. The summed E-state index contributed by atoms with van der Waals surface area (Å²) in [5.74, 6) is 0.176. The third kappa shape index (κ3) is 4.08. The van der Waals surface area contributed by atoms with Gasteiger partial charge in [0.1, 0.15) is 5.75 Å². The summed E-state index contributed by atoms with van der Waals surface area (Å²) >= 11 is 0. The van der Waals surface area contributed by atoms with Crippen molar-refractivity contribution in [2.45, 2.75) is 44.1 Å². The van der Waals surface area contributed by atoms with Crippen LogP contribution in [0.4, 0.5) is 5.69 Å². The Morgan fingerprint density at radius 2 is 1.96 bits per heavy atom. The number of hydrogen-bond acceptors (Lipinski definition) is 5. The molecule has 8 nitrogen and oxygen atoms in total. The van der Waals surface area contributed by atoms with E-state index in [1.807, 2.05) is 6.92 Å². The highest BCUT2D eigenvalue weighted by Gasteiger charge is 2.32. The van der Waals surface area contributed by atoms with Crippen LogP contribution in [0.2, 0.25) is 0 Å². The van der Waals surface area contributed by atoms with E-state index in [0.29, 0.717) is 30.9 Å². The molecule has 0 saturated carbocycles. The van der Waals surface area contributed by atoms with Crippen molar-refractivity contribution in [3.05, 3.63) is 18.2 Å². The maximum Gasteiger partial charge on any atom is 0.265 e. The van der Waals surface area contributed by atoms with Crippen LogP contribution in [0.25, 0.3) is 0 Å². The summed E-state index contributed by atoms with van der Waals surface area (Å²) in [6.07, 6.45) is 1.93. The summed E-state index contributed by atoms with van der Waals surface area (Å²) in [4.78, 5) is 25.3. The molecule has 1 aromatic rings. The van der Waals surface area contributed by atoms with E-state index in [-0.39, 0.29) is 29.8 Å². The van der Waals surface area contributed by atoms with Crippen LogP contribution < -0.4 is 10.1 Å². The fourth-order valence-electron chi connectivity index (χ4n) is 3.26. The van der Waals surface area contributed by atoms with Crippen molar-refractivity contribution in [1.29, 1.82) is 0 Å². The van der Waals surface area contributed by atoms with Crippen molar-refractivity contribution >= 4 is 27.5 Å². The van der Waals surface area contributed by atoms with Crippen LogP contribution >= 0.6 is 0 Å². The number of unbranched alkanes of at least 4 members (excludes halogenated alkanes) is 1. The third-order valence-corrected chi connectivity index (χ3v) is 6.81. The molecule has 0 radical (unpaired) electrons. The van der Waals surface area contributed by atoms with Gasteiger partial charge in [0.15, 0.2) is 6.10 Å². The second kappa shape index (κ2) is 7.85. The van der Waals surface area contributed by atoms with E-state index < -0.39 is 16.1 Å². The van der Waals surface area contributed by atoms with Crippen molar-refractivity contribution < 1.29 is 22.7 Å². The third-order valence-electron chi connectivity index (χ3n) is 4.91. The maximum atomic E-state index is 12.9. The lowest BCUT2D eigenvalue weighted by molar-refractivity contribution is -0.130. The highest BCUT2D eigenvalue weighted by molar-refractivity contribution is 7.89. The number of carbonyl (C=O) groups excluding carboxylic acids is 2. The number of hydrogen-bond donors (Lipinski definition) is 1. The first-order valence-electron chi connectivity index (χ1n) is 9.20. The molecule has 9 heteroatoms. The smallest absolute Gasteiger partial charge is 0.265 e. The van der Waals surface area contributed by atoms with E-state index in [1.165, 1.54) is 23.4 Å². The van der Waals surface area contributed by atoms with Gasteiger partial charge in [0.25, 0.3) is 5.91 Å². The maximum absolute atomic E-state index is 12.9. The van der Waals surface area contributed by atoms with Crippen molar-refractivity contribution in [1.82, 2.24) is 9.21 Å². The molecule has 1 fully saturated rings. The molecule has 1 atom stereocenters. The van der Waals surface area contributed by atoms with E-state index in [9.17, 15) is 18.0 Å². The van der Waals surface area contributed by atoms with Crippen LogP contribution in [0.1, 0.15) is 33.1 Å². The normalized spacial score (nSPS) is 20.6. The lowest BCUT2D eigenvalue weighted by atomic mass is 10.1. The van der Waals surface area contributed by atoms with Crippen LogP contribution in [0.15, 0.2) is 23.1 Å². The molecule has 2 heterocycles. The fraction of sp³-hybridized carbons (Fsp3) is 0.556. The highest BCUT2D eigenvalue weighted by Crippen LogP contribution is 2.33. The quantitative estimate of drug-likeness (QED) is 0.814. The van der Waals surface area contributed by atoms with E-state index in [0.717, 1.165) is 12.8 Å². The molecule has 3 rings (SSSR count). The zero-order valence-corrected chi connectivity index (χ0v) is 16.4. The number of benzene rings is 1. The minimum Gasteiger partial charge on any atom is -0.478 e. The molecule has 2 aliphatic heterocycles. The first kappa shape index (κ1) is 19.6. The van der Waals surface area contributed by atoms with Crippen LogP contribution in [-0.2, 0) is 19.6 Å². The number of carbonyl (C=O) groups is 2. The van der Waals surface area contributed by atoms with Crippen molar-refractivity contribution in [2.24, 2.45) is 0 Å². The van der Waals surface area contributed by atoms with Crippen LogP contribution in [-0.4, -0.2) is 61.7 Å². The zero-order chi connectivity index (χ0) is 19.6. The number of amides is 2. The van der Waals surface area contributed by atoms with Crippen molar-refractivity contribution in [3.8, 4) is 5.75 Å². The van der Waals surface area contributed by atoms with Gasteiger partial charge < -0.3 is 15.0 Å². The van der Waals surface area contributed by atoms with Gasteiger partial charge in [-0.2, -0.15) is 4.31 Å². The second-order valence-corrected chi connectivity index (χ2v) is 8.74. The summed E-state index contributed by atoms with van der Waals surface area (Å²) in [7, 11) is -3.70. The Hall–Kier alpha value is -2.13. The van der Waals surface area contributed by atoms with Crippen LogP contribution in [0.5, 0.6) is 5.75 Å². The molecule has 1 unspecified atom stereocenters. The number of nitrogens with one attached hydrogen (secondary N) is 1. The molecule has 0 bridgehead atoms. The SMILES string of the molecule is CCCCC1Oc2ccc(S(=O)(=O)N3CCN(C(C)=O)CC3)cc2NC1=O. The number of sulfonamides is 1. The van der Waals surface area contributed by atoms with Crippen LogP contribution in [0.3, 0.4) is 0 Å². The number of rotatable bonds is 5. The molecule has 1 saturated heterocycles. The summed E-state index contributed by atoms with van der Waals surface area (Å²) < 4.78 is 32.9. The molecular formula is C18H25N3O5S. The molecule has 0 aliphatic carbocycles. The fourth-order valence-corrected chi connectivity index (χ4v) is 4.71. The molecule has 27 heavy (non-hydrogen) atoms. The van der Waals surface area contributed by atoms with E-state index >= 15 is 0 Å². The predicted octanol–water partition coefficient (Wildman–Crippen LogP) is 1.43. The molecule has 0 spiro atoms. The van der Waals surface area contributed by atoms with Gasteiger partial charge in [0.2, 0.25) is 15.9 Å². The Balaban J connectivity index is 1.76. The van der Waals surface area contributed by atoms with E-state index in [4.69, 9.17) is 4.74 Å². The topological polar surface area (TPSA) is 96.0 Å². The Morgan fingerprint density at radius 1 is 1.26 bits per heavy atom. The summed E-state index contributed by atoms with van der Waals surface area (Å²) in [6.45, 7) is 4.77. The Labute approximate surface area is 159 Å². The lowest BCUT2D eigenvalue weighted by Gasteiger charge is -2.33. The van der Waals surface area contributed by atoms with Gasteiger partial charge in [0, 0.05) is 33.1 Å². The van der Waals surface area contributed by atoms with Gasteiger partial charge in [-0.25, -0.2) is 8.42 Å². The highest BCUT2D eigenvalue weighted by atomic mass is 32.2. The largest absolute Gasteiger partial charge is 0.478 e. The van der Waals surface area contributed by atoms with E-state index in [2.05, 4.69) is 5.32 Å². The average molecular weight is 395 g/mol. The minimum atomic E-state index is -3.70. The standard InChI is InChI=1S/C18H25N3O5S/c1-3-4-5-17-18(23)19-15-12-14(6-7-16(15)26-17)27(24,25)21-10-8-20(9-11-21)13(2)22/h6-7,12,17H,3-5,8-11H2,1-2H3,(H,19,23). The molecule has 1 aromatic carbocycles. The van der Waals surface area contributed by atoms with Crippen LogP contribution in [0, 0.1) is 0 Å². The number of anilines is 1. The first-order valence-corrected chi connectivity index (χ1v) is 10.6. The summed E-state index contributed by atoms with van der Waals surface area (Å²) in [5.41, 5.74) is 0.371. The molecular weight excluding hydrogens is 370 g/mol. The van der Waals surface area contributed by atoms with Crippen molar-refractivity contribution in [2.75, 3.05) is 31.5 Å². The Bertz CT molecular complexity index is 831. The molecule has 148 valence electrons. The Kier molecular flexibility index (Phi) is 5.71. The van der Waals surface area contributed by atoms with Gasteiger partial charge in [-0.1, -0.05) is 13.3 Å². The molecule has 0 aromatic heterocycles. The molecule has 1 N–H and O–H groups in total. The second-order valence-electron chi connectivity index (χ2n) is 6.81. The lowest BCUT2D eigenvalue weighted by Crippen LogP contribution is -2.49. The van der Waals surface area contributed by atoms with Gasteiger partial charge >= 0.3 is 0 Å². The van der Waals surface area contributed by atoms with Gasteiger partial charge in [-0.15, -0.1) is 0 Å². The molecule has 2 aliphatic rings. The van der Waals surface area contributed by atoms with Gasteiger partial charge in [-0.05, 0) is 31.0 Å². The minimum absolute atomic E-state index is 0.0571.